The number of nitrogens with one attached hydrogen (secondary N) is 2. The van der Waals surface area contributed by atoms with E-state index in [-0.39, 0.29) is 17.1 Å². The van der Waals surface area contributed by atoms with E-state index < -0.39 is 14.9 Å². The molecular formula is C12H14N4O4S. The van der Waals surface area contributed by atoms with Crippen molar-refractivity contribution in [2.45, 2.75) is 25.3 Å². The number of sulfonamides is 1. The summed E-state index contributed by atoms with van der Waals surface area (Å²) in [5, 5.41) is 17.3. The van der Waals surface area contributed by atoms with E-state index in [1.54, 1.807) is 13.8 Å². The molecular weight excluding hydrogens is 296 g/mol. The van der Waals surface area contributed by atoms with Gasteiger partial charge in [-0.3, -0.25) is 15.2 Å². The Morgan fingerprint density at radius 3 is 2.67 bits per heavy atom. The zero-order valence-electron chi connectivity index (χ0n) is 11.5. The monoisotopic (exact) mass is 310 g/mol. The Kier molecular flexibility index (Phi) is 4.05. The van der Waals surface area contributed by atoms with Crippen molar-refractivity contribution in [3.8, 4) is 0 Å². The summed E-state index contributed by atoms with van der Waals surface area (Å²) in [5.74, 6) is 0. The third kappa shape index (κ3) is 3.26. The van der Waals surface area contributed by atoms with E-state index in [1.165, 1.54) is 18.3 Å². The van der Waals surface area contributed by atoms with E-state index in [2.05, 4.69) is 14.9 Å². The Morgan fingerprint density at radius 2 is 2.10 bits per heavy atom. The predicted molar refractivity (Wildman–Crippen MR) is 75.2 cm³/mol. The number of aromatic nitrogens is 2. The maximum atomic E-state index is 12.3. The van der Waals surface area contributed by atoms with E-state index in [1.807, 2.05) is 0 Å². The summed E-state index contributed by atoms with van der Waals surface area (Å²) in [6.07, 6.45) is 1.53. The van der Waals surface area contributed by atoms with Crippen LogP contribution in [0, 0.1) is 24.0 Å². The molecule has 0 saturated carbocycles. The average Bonchev–Trinajstić information content (AvgIpc) is 2.82. The van der Waals surface area contributed by atoms with Gasteiger partial charge in [0, 0.05) is 29.9 Å². The van der Waals surface area contributed by atoms with Gasteiger partial charge in [-0.25, -0.2) is 13.1 Å². The van der Waals surface area contributed by atoms with Crippen molar-refractivity contribution in [3.63, 3.8) is 0 Å². The van der Waals surface area contributed by atoms with Gasteiger partial charge < -0.3 is 0 Å². The van der Waals surface area contributed by atoms with Gasteiger partial charge in [0.15, 0.2) is 0 Å². The van der Waals surface area contributed by atoms with Gasteiger partial charge in [-0.15, -0.1) is 0 Å². The van der Waals surface area contributed by atoms with Gasteiger partial charge in [0.1, 0.15) is 0 Å². The lowest BCUT2D eigenvalue weighted by Crippen LogP contribution is -2.24. The zero-order chi connectivity index (χ0) is 15.6. The number of aromatic amines is 1. The maximum absolute atomic E-state index is 12.3. The highest BCUT2D eigenvalue weighted by molar-refractivity contribution is 7.89. The Bertz CT molecular complexity index is 782. The molecule has 0 radical (unpaired) electrons. The van der Waals surface area contributed by atoms with Crippen LogP contribution in [0.1, 0.15) is 16.8 Å². The third-order valence-corrected chi connectivity index (χ3v) is 4.60. The van der Waals surface area contributed by atoms with Crippen LogP contribution in [-0.2, 0) is 16.6 Å². The highest BCUT2D eigenvalue weighted by atomic mass is 32.2. The topological polar surface area (TPSA) is 118 Å². The number of nitro groups is 1. The number of nitrogens with zero attached hydrogens (tertiary/aromatic N) is 2. The summed E-state index contributed by atoms with van der Waals surface area (Å²) in [6.45, 7) is 3.42. The molecule has 1 aromatic carbocycles. The van der Waals surface area contributed by atoms with Crippen LogP contribution in [0.2, 0.25) is 0 Å². The number of benzene rings is 1. The molecule has 0 aliphatic heterocycles. The van der Waals surface area contributed by atoms with E-state index >= 15 is 0 Å². The summed E-state index contributed by atoms with van der Waals surface area (Å²) >= 11 is 0. The summed E-state index contributed by atoms with van der Waals surface area (Å²) in [7, 11) is -3.84. The van der Waals surface area contributed by atoms with Crippen molar-refractivity contribution in [1.29, 1.82) is 0 Å². The molecule has 2 rings (SSSR count). The van der Waals surface area contributed by atoms with Crippen molar-refractivity contribution < 1.29 is 13.3 Å². The molecule has 0 amide bonds. The van der Waals surface area contributed by atoms with E-state index in [4.69, 9.17) is 0 Å². The molecule has 0 aliphatic rings. The minimum atomic E-state index is -3.84. The SMILES string of the molecule is Cc1ccc([N+](=O)[O-])cc1S(=O)(=O)NCc1cn[nH]c1C. The highest BCUT2D eigenvalue weighted by Crippen LogP contribution is 2.21. The van der Waals surface area contributed by atoms with Gasteiger partial charge in [-0.05, 0) is 19.4 Å². The molecule has 2 N–H and O–H groups in total. The van der Waals surface area contributed by atoms with Gasteiger partial charge in [0.05, 0.1) is 16.0 Å². The third-order valence-electron chi connectivity index (χ3n) is 3.06. The van der Waals surface area contributed by atoms with E-state index in [0.717, 1.165) is 11.8 Å². The zero-order valence-corrected chi connectivity index (χ0v) is 12.3. The van der Waals surface area contributed by atoms with Crippen molar-refractivity contribution >= 4 is 15.7 Å². The first kappa shape index (κ1) is 15.1. The largest absolute Gasteiger partial charge is 0.283 e. The highest BCUT2D eigenvalue weighted by Gasteiger charge is 2.20. The molecule has 1 aromatic heterocycles. The first-order chi connectivity index (χ1) is 9.81. The lowest BCUT2D eigenvalue weighted by molar-refractivity contribution is -0.385. The molecule has 0 atom stereocenters. The number of hydrogen-bond acceptors (Lipinski definition) is 5. The Balaban J connectivity index is 2.29. The van der Waals surface area contributed by atoms with Crippen molar-refractivity contribution in [2.24, 2.45) is 0 Å². The van der Waals surface area contributed by atoms with Crippen molar-refractivity contribution in [3.05, 3.63) is 51.3 Å². The molecule has 0 unspecified atom stereocenters. The molecule has 0 aliphatic carbocycles. The summed E-state index contributed by atoms with van der Waals surface area (Å²) in [4.78, 5) is 10.0. The fraction of sp³-hybridized carbons (Fsp3) is 0.250. The van der Waals surface area contributed by atoms with Gasteiger partial charge >= 0.3 is 0 Å². The number of hydrogen-bond donors (Lipinski definition) is 2. The molecule has 0 saturated heterocycles. The van der Waals surface area contributed by atoms with Crippen LogP contribution in [0.5, 0.6) is 0 Å². The minimum absolute atomic E-state index is 0.0623. The van der Waals surface area contributed by atoms with Gasteiger partial charge in [-0.2, -0.15) is 5.10 Å². The summed E-state index contributed by atoms with van der Waals surface area (Å²) in [6, 6.07) is 3.74. The van der Waals surface area contributed by atoms with Crippen molar-refractivity contribution in [2.75, 3.05) is 0 Å². The lowest BCUT2D eigenvalue weighted by atomic mass is 10.2. The molecule has 0 bridgehead atoms. The lowest BCUT2D eigenvalue weighted by Gasteiger charge is -2.08. The molecule has 112 valence electrons. The second kappa shape index (κ2) is 5.62. The first-order valence-electron chi connectivity index (χ1n) is 6.05. The number of nitro benzene ring substituents is 1. The molecule has 8 nitrogen and oxygen atoms in total. The number of non-ortho nitro benzene ring substituents is 1. The molecule has 1 heterocycles. The van der Waals surface area contributed by atoms with Crippen LogP contribution < -0.4 is 4.72 Å². The minimum Gasteiger partial charge on any atom is -0.283 e. The average molecular weight is 310 g/mol. The van der Waals surface area contributed by atoms with Crippen LogP contribution in [0.3, 0.4) is 0 Å². The molecule has 0 spiro atoms. The van der Waals surface area contributed by atoms with Crippen LogP contribution in [0.15, 0.2) is 29.3 Å². The number of H-pyrrole nitrogens is 1. The van der Waals surface area contributed by atoms with Crippen LogP contribution >= 0.6 is 0 Å². The fourth-order valence-electron chi connectivity index (χ4n) is 1.80. The number of rotatable bonds is 5. The molecule has 2 aromatic rings. The Hall–Kier alpha value is -2.26. The van der Waals surface area contributed by atoms with Crippen LogP contribution in [0.4, 0.5) is 5.69 Å². The molecule has 0 fully saturated rings. The predicted octanol–water partition coefficient (Wildman–Crippen LogP) is 1.41. The maximum Gasteiger partial charge on any atom is 0.270 e. The first-order valence-corrected chi connectivity index (χ1v) is 7.53. The summed E-state index contributed by atoms with van der Waals surface area (Å²) < 4.78 is 27.0. The van der Waals surface area contributed by atoms with E-state index in [9.17, 15) is 18.5 Å². The quantitative estimate of drug-likeness (QED) is 0.639. The van der Waals surface area contributed by atoms with Gasteiger partial charge in [-0.1, -0.05) is 6.07 Å². The smallest absolute Gasteiger partial charge is 0.270 e. The van der Waals surface area contributed by atoms with Crippen LogP contribution in [-0.4, -0.2) is 23.5 Å². The van der Waals surface area contributed by atoms with Gasteiger partial charge in [0.2, 0.25) is 10.0 Å². The number of aryl methyl sites for hydroxylation is 2. The second-order valence-corrected chi connectivity index (χ2v) is 6.29. The Labute approximate surface area is 121 Å². The van der Waals surface area contributed by atoms with Gasteiger partial charge in [0.25, 0.3) is 5.69 Å². The second-order valence-electron chi connectivity index (χ2n) is 4.55. The van der Waals surface area contributed by atoms with Crippen molar-refractivity contribution in [1.82, 2.24) is 14.9 Å². The molecule has 21 heavy (non-hydrogen) atoms. The molecule has 9 heteroatoms. The fourth-order valence-corrected chi connectivity index (χ4v) is 3.07. The summed E-state index contributed by atoms with van der Waals surface area (Å²) in [5.41, 5.74) is 1.65. The van der Waals surface area contributed by atoms with E-state index in [0.29, 0.717) is 11.1 Å². The normalized spacial score (nSPS) is 11.5. The standard InChI is InChI=1S/C12H14N4O4S/c1-8-3-4-11(16(17)18)5-12(8)21(19,20)14-7-10-6-13-15-9(10)2/h3-6,14H,7H2,1-2H3,(H,13,15). The van der Waals surface area contributed by atoms with Crippen LogP contribution in [0.25, 0.3) is 0 Å². The Morgan fingerprint density at radius 1 is 1.38 bits per heavy atom.